The maximum absolute atomic E-state index is 12.9. The number of aromatic nitrogens is 1. The summed E-state index contributed by atoms with van der Waals surface area (Å²) in [6, 6.07) is 0.673. The molecule has 0 saturated carbocycles. The van der Waals surface area contributed by atoms with Crippen molar-refractivity contribution in [1.82, 2.24) is 20.4 Å². The van der Waals surface area contributed by atoms with Crippen molar-refractivity contribution in [2.24, 2.45) is 0 Å². The SMILES string of the molecule is COCCNC(=O)NOCOc1c2n(ccc1=O)NC(C)N(CCOC)C2=O. The van der Waals surface area contributed by atoms with Gasteiger partial charge in [-0.15, -0.1) is 0 Å². The number of hydroxylamine groups is 1. The van der Waals surface area contributed by atoms with Gasteiger partial charge in [0.1, 0.15) is 6.17 Å². The molecule has 1 aliphatic rings. The van der Waals surface area contributed by atoms with Gasteiger partial charge in [0.15, 0.2) is 5.69 Å². The largest absolute Gasteiger partial charge is 0.459 e. The Morgan fingerprint density at radius 2 is 2.00 bits per heavy atom. The molecule has 0 fully saturated rings. The van der Waals surface area contributed by atoms with Crippen LogP contribution in [0, 0.1) is 0 Å². The van der Waals surface area contributed by atoms with Gasteiger partial charge in [-0.2, -0.15) is 0 Å². The number of nitrogens with zero attached hydrogens (tertiary/aromatic N) is 2. The number of rotatable bonds is 10. The van der Waals surface area contributed by atoms with E-state index in [1.807, 2.05) is 6.92 Å². The molecule has 1 aromatic rings. The molecule has 0 saturated heterocycles. The number of hydrogen-bond acceptors (Lipinski definition) is 8. The third-order valence-electron chi connectivity index (χ3n) is 3.87. The zero-order valence-electron chi connectivity index (χ0n) is 16.0. The number of nitrogens with one attached hydrogen (secondary N) is 3. The third-order valence-corrected chi connectivity index (χ3v) is 3.87. The minimum absolute atomic E-state index is 0.0369. The van der Waals surface area contributed by atoms with Gasteiger partial charge in [0.05, 0.1) is 13.2 Å². The van der Waals surface area contributed by atoms with E-state index in [0.717, 1.165) is 0 Å². The monoisotopic (exact) mass is 399 g/mol. The molecule has 28 heavy (non-hydrogen) atoms. The van der Waals surface area contributed by atoms with Crippen LogP contribution in [0.4, 0.5) is 4.79 Å². The van der Waals surface area contributed by atoms with Crippen LogP contribution in [0.1, 0.15) is 17.4 Å². The van der Waals surface area contributed by atoms with Crippen LogP contribution in [-0.2, 0) is 14.3 Å². The van der Waals surface area contributed by atoms with E-state index in [9.17, 15) is 14.4 Å². The second kappa shape index (κ2) is 10.5. The highest BCUT2D eigenvalue weighted by molar-refractivity contribution is 5.96. The first kappa shape index (κ1) is 21.5. The van der Waals surface area contributed by atoms with Gasteiger partial charge in [-0.1, -0.05) is 0 Å². The molecule has 1 aromatic heterocycles. The van der Waals surface area contributed by atoms with Crippen LogP contribution in [0.2, 0.25) is 0 Å². The third kappa shape index (κ3) is 5.34. The second-order valence-electron chi connectivity index (χ2n) is 5.78. The molecule has 3 amide bonds. The Balaban J connectivity index is 2.02. The summed E-state index contributed by atoms with van der Waals surface area (Å²) in [6.45, 7) is 2.68. The number of ether oxygens (including phenoxy) is 3. The lowest BCUT2D eigenvalue weighted by Gasteiger charge is -2.37. The quantitative estimate of drug-likeness (QED) is 0.261. The van der Waals surface area contributed by atoms with Crippen molar-refractivity contribution in [3.05, 3.63) is 28.2 Å². The van der Waals surface area contributed by atoms with Crippen molar-refractivity contribution >= 4 is 11.9 Å². The number of pyridine rings is 1. The van der Waals surface area contributed by atoms with Gasteiger partial charge in [0.2, 0.25) is 18.0 Å². The van der Waals surface area contributed by atoms with E-state index in [4.69, 9.17) is 19.0 Å². The van der Waals surface area contributed by atoms with Crippen molar-refractivity contribution < 1.29 is 28.6 Å². The lowest BCUT2D eigenvalue weighted by atomic mass is 10.2. The van der Waals surface area contributed by atoms with E-state index in [1.54, 1.807) is 0 Å². The molecule has 12 nitrogen and oxygen atoms in total. The molecular weight excluding hydrogens is 374 g/mol. The standard InChI is InChI=1S/C16H25N5O7/c1-11-18-21-6-4-12(22)14(13(21)15(23)20(11)7-9-26-3)27-10-28-19-16(24)17-5-8-25-2/h4,6,11,18H,5,7-10H2,1-3H3,(H2,17,19,24). The number of amides is 3. The minimum atomic E-state index is -0.593. The first-order valence-corrected chi connectivity index (χ1v) is 8.59. The predicted molar refractivity (Wildman–Crippen MR) is 97.4 cm³/mol. The van der Waals surface area contributed by atoms with E-state index in [-0.39, 0.29) is 23.5 Å². The number of methoxy groups -OCH3 is 2. The maximum atomic E-state index is 12.9. The molecule has 1 atom stereocenters. The molecular formula is C16H25N5O7. The van der Waals surface area contributed by atoms with Gasteiger partial charge in [-0.3, -0.25) is 14.3 Å². The average molecular weight is 399 g/mol. The number of hydrogen-bond donors (Lipinski definition) is 3. The second-order valence-corrected chi connectivity index (χ2v) is 5.78. The van der Waals surface area contributed by atoms with Crippen molar-refractivity contribution in [2.75, 3.05) is 52.7 Å². The zero-order chi connectivity index (χ0) is 20.5. The molecule has 3 N–H and O–H groups in total. The summed E-state index contributed by atoms with van der Waals surface area (Å²) < 4.78 is 16.6. The van der Waals surface area contributed by atoms with Crippen LogP contribution in [0.3, 0.4) is 0 Å². The van der Waals surface area contributed by atoms with Crippen LogP contribution in [0.5, 0.6) is 5.75 Å². The molecule has 0 radical (unpaired) electrons. The average Bonchev–Trinajstić information content (AvgIpc) is 2.67. The Bertz CT molecular complexity index is 739. The normalized spacial score (nSPS) is 15.6. The topological polar surface area (TPSA) is 132 Å². The van der Waals surface area contributed by atoms with E-state index in [2.05, 4.69) is 16.2 Å². The Hall–Kier alpha value is -2.83. The predicted octanol–water partition coefficient (Wildman–Crippen LogP) is -0.946. The number of carbonyl (C=O) groups is 2. The summed E-state index contributed by atoms with van der Waals surface area (Å²) in [5.41, 5.74) is 4.72. The van der Waals surface area contributed by atoms with Crippen LogP contribution < -0.4 is 26.4 Å². The first-order chi connectivity index (χ1) is 13.5. The molecule has 1 unspecified atom stereocenters. The van der Waals surface area contributed by atoms with Gasteiger partial charge in [0, 0.05) is 39.6 Å². The summed E-state index contributed by atoms with van der Waals surface area (Å²) in [6.07, 6.45) is 1.15. The van der Waals surface area contributed by atoms with Crippen LogP contribution in [-0.4, -0.2) is 75.0 Å². The summed E-state index contributed by atoms with van der Waals surface area (Å²) in [5, 5.41) is 2.48. The molecule has 1 aliphatic heterocycles. The van der Waals surface area contributed by atoms with E-state index < -0.39 is 18.3 Å². The summed E-state index contributed by atoms with van der Waals surface area (Å²) in [4.78, 5) is 42.9. The maximum Gasteiger partial charge on any atom is 0.338 e. The molecule has 12 heteroatoms. The summed E-state index contributed by atoms with van der Waals surface area (Å²) in [7, 11) is 3.05. The van der Waals surface area contributed by atoms with Gasteiger partial charge < -0.3 is 29.9 Å². The lowest BCUT2D eigenvalue weighted by molar-refractivity contribution is -0.0310. The van der Waals surface area contributed by atoms with Crippen molar-refractivity contribution in [3.8, 4) is 5.75 Å². The molecule has 0 bridgehead atoms. The van der Waals surface area contributed by atoms with Gasteiger partial charge in [0.25, 0.3) is 5.91 Å². The van der Waals surface area contributed by atoms with Crippen LogP contribution in [0.25, 0.3) is 0 Å². The van der Waals surface area contributed by atoms with Gasteiger partial charge >= 0.3 is 6.03 Å². The van der Waals surface area contributed by atoms with Crippen molar-refractivity contribution in [3.63, 3.8) is 0 Å². The highest BCUT2D eigenvalue weighted by Crippen LogP contribution is 2.20. The molecule has 2 heterocycles. The van der Waals surface area contributed by atoms with Crippen molar-refractivity contribution in [1.29, 1.82) is 0 Å². The fourth-order valence-corrected chi connectivity index (χ4v) is 2.52. The summed E-state index contributed by atoms with van der Waals surface area (Å²) >= 11 is 0. The van der Waals surface area contributed by atoms with Crippen molar-refractivity contribution in [2.45, 2.75) is 13.1 Å². The number of carbonyl (C=O) groups excluding carboxylic acids is 2. The molecule has 156 valence electrons. The van der Waals surface area contributed by atoms with E-state index >= 15 is 0 Å². The molecule has 0 aliphatic carbocycles. The zero-order valence-corrected chi connectivity index (χ0v) is 16.0. The minimum Gasteiger partial charge on any atom is -0.459 e. The summed E-state index contributed by atoms with van der Waals surface area (Å²) in [5.74, 6) is -0.572. The van der Waals surface area contributed by atoms with Crippen LogP contribution in [0.15, 0.2) is 17.1 Å². The fourth-order valence-electron chi connectivity index (χ4n) is 2.52. The lowest BCUT2D eigenvalue weighted by Crippen LogP contribution is -2.53. The van der Waals surface area contributed by atoms with E-state index in [0.29, 0.717) is 26.3 Å². The van der Waals surface area contributed by atoms with Crippen LogP contribution >= 0.6 is 0 Å². The van der Waals surface area contributed by atoms with E-state index in [1.165, 1.54) is 36.1 Å². The molecule has 0 aromatic carbocycles. The Morgan fingerprint density at radius 3 is 2.71 bits per heavy atom. The Labute approximate surface area is 161 Å². The molecule has 2 rings (SSSR count). The Kier molecular flexibility index (Phi) is 8.04. The smallest absolute Gasteiger partial charge is 0.338 e. The highest BCUT2D eigenvalue weighted by atomic mass is 16.8. The Morgan fingerprint density at radius 1 is 1.25 bits per heavy atom. The first-order valence-electron chi connectivity index (χ1n) is 8.59. The van der Waals surface area contributed by atoms with Gasteiger partial charge in [-0.25, -0.2) is 15.1 Å². The number of urea groups is 1. The fraction of sp³-hybridized carbons (Fsp3) is 0.562. The van der Waals surface area contributed by atoms with Gasteiger partial charge in [-0.05, 0) is 6.92 Å². The molecule has 0 spiro atoms. The number of fused-ring (bicyclic) bond motifs is 1. The highest BCUT2D eigenvalue weighted by Gasteiger charge is 2.32.